The van der Waals surface area contributed by atoms with Gasteiger partial charge in [0, 0.05) is 45.1 Å². The summed E-state index contributed by atoms with van der Waals surface area (Å²) in [5.41, 5.74) is 7.09. The van der Waals surface area contributed by atoms with Gasteiger partial charge >= 0.3 is 0 Å². The Bertz CT molecular complexity index is 346. The highest BCUT2D eigenvalue weighted by molar-refractivity contribution is 5.15. The molecule has 1 aliphatic heterocycles. The maximum absolute atomic E-state index is 5.77. The van der Waals surface area contributed by atoms with Gasteiger partial charge in [0.25, 0.3) is 0 Å². The minimum atomic E-state index is 0.520. The summed E-state index contributed by atoms with van der Waals surface area (Å²) in [5, 5.41) is 0. The molecule has 1 aromatic heterocycles. The number of rotatable bonds is 6. The van der Waals surface area contributed by atoms with Gasteiger partial charge in [-0.25, -0.2) is 0 Å². The van der Waals surface area contributed by atoms with Crippen molar-refractivity contribution in [3.8, 4) is 0 Å². The quantitative estimate of drug-likeness (QED) is 0.835. The standard InChI is InChI=1S/C15H26N4/c1-2-18-8-10-19(11-9-18)13-15(5-6-16)14-4-3-7-17-12-14/h3-4,7,12,15H,2,5-6,8-11,13,16H2,1H3. The Kier molecular flexibility index (Phi) is 5.76. The van der Waals surface area contributed by atoms with Crippen molar-refractivity contribution in [2.24, 2.45) is 5.73 Å². The molecule has 1 fully saturated rings. The molecule has 2 rings (SSSR count). The van der Waals surface area contributed by atoms with Crippen LogP contribution in [-0.2, 0) is 0 Å². The summed E-state index contributed by atoms with van der Waals surface area (Å²) in [7, 11) is 0. The fraction of sp³-hybridized carbons (Fsp3) is 0.667. The van der Waals surface area contributed by atoms with Gasteiger partial charge in [-0.1, -0.05) is 13.0 Å². The van der Waals surface area contributed by atoms with Crippen molar-refractivity contribution in [1.82, 2.24) is 14.8 Å². The lowest BCUT2D eigenvalue weighted by atomic mass is 9.96. The molecule has 4 heteroatoms. The van der Waals surface area contributed by atoms with Gasteiger partial charge in [-0.05, 0) is 37.1 Å². The lowest BCUT2D eigenvalue weighted by Gasteiger charge is -2.36. The molecule has 4 nitrogen and oxygen atoms in total. The number of piperazine rings is 1. The van der Waals surface area contributed by atoms with Gasteiger partial charge in [0.2, 0.25) is 0 Å². The monoisotopic (exact) mass is 262 g/mol. The molecule has 19 heavy (non-hydrogen) atoms. The molecular formula is C15H26N4. The molecule has 0 aromatic carbocycles. The number of hydrogen-bond acceptors (Lipinski definition) is 4. The molecule has 106 valence electrons. The molecule has 0 radical (unpaired) electrons. The number of pyridine rings is 1. The summed E-state index contributed by atoms with van der Waals surface area (Å²) in [5.74, 6) is 0.520. The van der Waals surface area contributed by atoms with Gasteiger partial charge < -0.3 is 15.5 Å². The summed E-state index contributed by atoms with van der Waals surface area (Å²) in [6.45, 7) is 10.0. The molecular weight excluding hydrogens is 236 g/mol. The van der Waals surface area contributed by atoms with Gasteiger partial charge in [-0.2, -0.15) is 0 Å². The summed E-state index contributed by atoms with van der Waals surface area (Å²) in [4.78, 5) is 9.32. The lowest BCUT2D eigenvalue weighted by molar-refractivity contribution is 0.130. The van der Waals surface area contributed by atoms with Crippen LogP contribution in [0.3, 0.4) is 0 Å². The Morgan fingerprint density at radius 1 is 1.26 bits per heavy atom. The second kappa shape index (κ2) is 7.58. The Balaban J connectivity index is 1.91. The molecule has 1 atom stereocenters. The van der Waals surface area contributed by atoms with E-state index < -0.39 is 0 Å². The van der Waals surface area contributed by atoms with E-state index >= 15 is 0 Å². The van der Waals surface area contributed by atoms with Crippen LogP contribution in [0.4, 0.5) is 0 Å². The molecule has 2 N–H and O–H groups in total. The maximum atomic E-state index is 5.77. The molecule has 0 aliphatic carbocycles. The second-order valence-electron chi connectivity index (χ2n) is 5.30. The molecule has 1 aliphatic rings. The third-order valence-electron chi connectivity index (χ3n) is 4.06. The highest BCUT2D eigenvalue weighted by Gasteiger charge is 2.20. The first-order chi connectivity index (χ1) is 9.33. The van der Waals surface area contributed by atoms with E-state index in [2.05, 4.69) is 27.8 Å². The molecule has 2 heterocycles. The largest absolute Gasteiger partial charge is 0.330 e. The Labute approximate surface area is 116 Å². The van der Waals surface area contributed by atoms with E-state index in [1.807, 2.05) is 18.5 Å². The van der Waals surface area contributed by atoms with Gasteiger partial charge in [0.15, 0.2) is 0 Å². The van der Waals surface area contributed by atoms with Crippen LogP contribution in [0.1, 0.15) is 24.8 Å². The number of nitrogens with zero attached hydrogens (tertiary/aromatic N) is 3. The van der Waals surface area contributed by atoms with Crippen LogP contribution in [0.15, 0.2) is 24.5 Å². The predicted molar refractivity (Wildman–Crippen MR) is 79.2 cm³/mol. The molecule has 1 saturated heterocycles. The summed E-state index contributed by atoms with van der Waals surface area (Å²) in [6.07, 6.45) is 4.87. The van der Waals surface area contributed by atoms with Crippen LogP contribution in [0.5, 0.6) is 0 Å². The Hall–Kier alpha value is -0.970. The van der Waals surface area contributed by atoms with Crippen LogP contribution < -0.4 is 5.73 Å². The molecule has 0 saturated carbocycles. The first-order valence-corrected chi connectivity index (χ1v) is 7.38. The van der Waals surface area contributed by atoms with Gasteiger partial charge in [0.05, 0.1) is 0 Å². The molecule has 1 unspecified atom stereocenters. The highest BCUT2D eigenvalue weighted by Crippen LogP contribution is 2.20. The van der Waals surface area contributed by atoms with Crippen molar-refractivity contribution in [1.29, 1.82) is 0 Å². The fourth-order valence-corrected chi connectivity index (χ4v) is 2.78. The van der Waals surface area contributed by atoms with Crippen LogP contribution >= 0.6 is 0 Å². The maximum Gasteiger partial charge on any atom is 0.0303 e. The van der Waals surface area contributed by atoms with Crippen molar-refractivity contribution in [2.75, 3.05) is 45.8 Å². The summed E-state index contributed by atoms with van der Waals surface area (Å²) >= 11 is 0. The topological polar surface area (TPSA) is 45.4 Å². The minimum absolute atomic E-state index is 0.520. The normalized spacial score (nSPS) is 19.5. The first kappa shape index (κ1) is 14.4. The van der Waals surface area contributed by atoms with Crippen LogP contribution in [0.25, 0.3) is 0 Å². The van der Waals surface area contributed by atoms with E-state index in [1.54, 1.807) is 0 Å². The third-order valence-corrected chi connectivity index (χ3v) is 4.06. The van der Waals surface area contributed by atoms with Crippen molar-refractivity contribution >= 4 is 0 Å². The van der Waals surface area contributed by atoms with Crippen molar-refractivity contribution in [2.45, 2.75) is 19.3 Å². The van der Waals surface area contributed by atoms with Crippen LogP contribution in [-0.4, -0.2) is 60.6 Å². The zero-order valence-corrected chi connectivity index (χ0v) is 12.0. The van der Waals surface area contributed by atoms with Gasteiger partial charge in [0.1, 0.15) is 0 Å². The number of hydrogen-bond donors (Lipinski definition) is 1. The highest BCUT2D eigenvalue weighted by atomic mass is 15.3. The van der Waals surface area contributed by atoms with E-state index in [1.165, 1.54) is 38.3 Å². The average Bonchev–Trinajstić information content (AvgIpc) is 2.48. The van der Waals surface area contributed by atoms with Gasteiger partial charge in [-0.3, -0.25) is 4.98 Å². The molecule has 0 amide bonds. The van der Waals surface area contributed by atoms with E-state index in [0.29, 0.717) is 5.92 Å². The molecule has 0 bridgehead atoms. The van der Waals surface area contributed by atoms with Crippen LogP contribution in [0, 0.1) is 0 Å². The zero-order chi connectivity index (χ0) is 13.5. The van der Waals surface area contributed by atoms with Crippen molar-refractivity contribution in [3.63, 3.8) is 0 Å². The van der Waals surface area contributed by atoms with E-state index in [-0.39, 0.29) is 0 Å². The lowest BCUT2D eigenvalue weighted by Crippen LogP contribution is -2.47. The van der Waals surface area contributed by atoms with E-state index in [9.17, 15) is 0 Å². The SMILES string of the molecule is CCN1CCN(CC(CCN)c2cccnc2)CC1. The van der Waals surface area contributed by atoms with Gasteiger partial charge in [-0.15, -0.1) is 0 Å². The Morgan fingerprint density at radius 3 is 2.58 bits per heavy atom. The number of likely N-dealkylation sites (N-methyl/N-ethyl adjacent to an activating group) is 1. The average molecular weight is 262 g/mol. The Morgan fingerprint density at radius 2 is 2.00 bits per heavy atom. The predicted octanol–water partition coefficient (Wildman–Crippen LogP) is 1.15. The third kappa shape index (κ3) is 4.27. The first-order valence-electron chi connectivity index (χ1n) is 7.38. The zero-order valence-electron chi connectivity index (χ0n) is 12.0. The smallest absolute Gasteiger partial charge is 0.0303 e. The van der Waals surface area contributed by atoms with Crippen LogP contribution in [0.2, 0.25) is 0 Å². The molecule has 0 spiro atoms. The second-order valence-corrected chi connectivity index (χ2v) is 5.30. The number of nitrogens with two attached hydrogens (primary N) is 1. The van der Waals surface area contributed by atoms with Crippen molar-refractivity contribution < 1.29 is 0 Å². The number of aromatic nitrogens is 1. The van der Waals surface area contributed by atoms with E-state index in [4.69, 9.17) is 5.73 Å². The fourth-order valence-electron chi connectivity index (χ4n) is 2.78. The summed E-state index contributed by atoms with van der Waals surface area (Å²) < 4.78 is 0. The minimum Gasteiger partial charge on any atom is -0.330 e. The summed E-state index contributed by atoms with van der Waals surface area (Å²) in [6, 6.07) is 4.20. The van der Waals surface area contributed by atoms with E-state index in [0.717, 1.165) is 19.5 Å². The molecule has 1 aromatic rings. The van der Waals surface area contributed by atoms with Crippen molar-refractivity contribution in [3.05, 3.63) is 30.1 Å².